The molecule has 0 aromatic rings. The molecule has 2 aliphatic heterocycles. The number of hydrogen-bond acceptors (Lipinski definition) is 4. The van der Waals surface area contributed by atoms with E-state index >= 15 is 0 Å². The molecule has 2 aliphatic rings. The zero-order chi connectivity index (χ0) is 8.39. The first-order valence-electron chi connectivity index (χ1n) is 4.08. The Labute approximate surface area is 87.8 Å². The van der Waals surface area contributed by atoms with Gasteiger partial charge in [0.25, 0.3) is 0 Å². The molecule has 12 heavy (non-hydrogen) atoms. The molecule has 0 amide bonds. The second-order valence-corrected chi connectivity index (χ2v) is 6.14. The Morgan fingerprint density at radius 1 is 1.67 bits per heavy atom. The fraction of sp³-hybridized carbons (Fsp3) is 0.857. The van der Waals surface area contributed by atoms with Gasteiger partial charge in [-0.05, 0) is 0 Å². The van der Waals surface area contributed by atoms with E-state index in [0.717, 1.165) is 18.8 Å². The molecule has 1 fully saturated rings. The van der Waals surface area contributed by atoms with Crippen LogP contribution >= 0.6 is 11.9 Å². The maximum atomic E-state index is 4.53. The van der Waals surface area contributed by atoms with E-state index in [9.17, 15) is 0 Å². The molecule has 0 aromatic carbocycles. The Hall–Kier alpha value is 0.510. The fourth-order valence-electron chi connectivity index (χ4n) is 1.46. The van der Waals surface area contributed by atoms with E-state index in [0.29, 0.717) is 4.05 Å². The molecule has 1 unspecified atom stereocenters. The van der Waals surface area contributed by atoms with Crippen LogP contribution in [0.15, 0.2) is 4.40 Å². The number of rotatable bonds is 1. The van der Waals surface area contributed by atoms with Gasteiger partial charge in [-0.15, -0.1) is 0 Å². The minimum absolute atomic E-state index is 0.243. The SMILES string of the molecule is C[I-]C1NCCN2CCSN=C12. The summed E-state index contributed by atoms with van der Waals surface area (Å²) >= 11 is 1.97. The molecule has 0 saturated carbocycles. The van der Waals surface area contributed by atoms with E-state index in [4.69, 9.17) is 0 Å². The van der Waals surface area contributed by atoms with Gasteiger partial charge in [-0.1, -0.05) is 0 Å². The van der Waals surface area contributed by atoms with Crippen molar-refractivity contribution < 1.29 is 21.2 Å². The van der Waals surface area contributed by atoms with Crippen LogP contribution in [0, 0.1) is 0 Å². The number of amidine groups is 1. The first-order chi connectivity index (χ1) is 5.92. The maximum absolute atomic E-state index is 4.53. The normalized spacial score (nSPS) is 29.9. The number of piperazine rings is 1. The van der Waals surface area contributed by atoms with Crippen LogP contribution in [-0.4, -0.2) is 45.1 Å². The van der Waals surface area contributed by atoms with Gasteiger partial charge < -0.3 is 0 Å². The molecule has 2 heterocycles. The summed E-state index contributed by atoms with van der Waals surface area (Å²) in [6, 6.07) is 0. The summed E-state index contributed by atoms with van der Waals surface area (Å²) in [6.45, 7) is 3.49. The summed E-state index contributed by atoms with van der Waals surface area (Å²) in [6.07, 6.45) is 0. The molecule has 0 bridgehead atoms. The second-order valence-electron chi connectivity index (χ2n) is 2.80. The Bertz CT molecular complexity index is 197. The van der Waals surface area contributed by atoms with E-state index in [-0.39, 0.29) is 21.2 Å². The average Bonchev–Trinajstić information content (AvgIpc) is 2.17. The third-order valence-electron chi connectivity index (χ3n) is 2.08. The number of nitrogens with one attached hydrogen (secondary N) is 1. The third-order valence-corrected chi connectivity index (χ3v) is 5.01. The molecule has 0 aliphatic carbocycles. The number of halogens is 1. The molecule has 0 aromatic heterocycles. The summed E-state index contributed by atoms with van der Waals surface area (Å²) < 4.78 is 5.14. The number of hydrogen-bond donors (Lipinski definition) is 1. The average molecular weight is 298 g/mol. The van der Waals surface area contributed by atoms with Crippen molar-refractivity contribution in [3.05, 3.63) is 0 Å². The molecular weight excluding hydrogens is 285 g/mol. The van der Waals surface area contributed by atoms with Crippen LogP contribution in [0.25, 0.3) is 0 Å². The fourth-order valence-corrected chi connectivity index (χ4v) is 4.24. The summed E-state index contributed by atoms with van der Waals surface area (Å²) in [5, 5.41) is 3.53. The van der Waals surface area contributed by atoms with Crippen LogP contribution in [0.4, 0.5) is 0 Å². The predicted octanol–water partition coefficient (Wildman–Crippen LogP) is -3.00. The van der Waals surface area contributed by atoms with Gasteiger partial charge in [0.15, 0.2) is 0 Å². The molecule has 5 heteroatoms. The van der Waals surface area contributed by atoms with Gasteiger partial charge in [0.2, 0.25) is 0 Å². The van der Waals surface area contributed by atoms with Crippen molar-refractivity contribution in [1.82, 2.24) is 10.2 Å². The van der Waals surface area contributed by atoms with Gasteiger partial charge in [-0.25, -0.2) is 0 Å². The summed E-state index contributed by atoms with van der Waals surface area (Å²) in [5.74, 6) is 2.49. The van der Waals surface area contributed by atoms with Crippen molar-refractivity contribution in [3.8, 4) is 0 Å². The van der Waals surface area contributed by atoms with Gasteiger partial charge in [-0.2, -0.15) is 0 Å². The van der Waals surface area contributed by atoms with Crippen LogP contribution < -0.4 is 26.5 Å². The Kier molecular flexibility index (Phi) is 3.14. The standard InChI is InChI=1S/C7H13IN3S/c1-8-6-7-10-12-5-4-11(7)3-2-9-6/h6,9H,2-5H2,1H3/q-1. The van der Waals surface area contributed by atoms with Crippen LogP contribution in [0.2, 0.25) is 0 Å². The molecule has 0 spiro atoms. The summed E-state index contributed by atoms with van der Waals surface area (Å²) in [7, 11) is 0. The zero-order valence-corrected chi connectivity index (χ0v) is 10.1. The third kappa shape index (κ3) is 1.72. The Morgan fingerprint density at radius 3 is 3.42 bits per heavy atom. The van der Waals surface area contributed by atoms with E-state index < -0.39 is 0 Å². The van der Waals surface area contributed by atoms with Crippen molar-refractivity contribution in [1.29, 1.82) is 0 Å². The Morgan fingerprint density at radius 2 is 2.58 bits per heavy atom. The molecule has 3 nitrogen and oxygen atoms in total. The molecule has 0 radical (unpaired) electrons. The van der Waals surface area contributed by atoms with E-state index in [1.165, 1.54) is 12.4 Å². The molecule has 2 rings (SSSR count). The molecule has 1 N–H and O–H groups in total. The minimum atomic E-state index is 0.243. The molecule has 70 valence electrons. The van der Waals surface area contributed by atoms with Crippen LogP contribution in [0.5, 0.6) is 0 Å². The van der Waals surface area contributed by atoms with E-state index in [2.05, 4.69) is 19.5 Å². The Balaban J connectivity index is 2.12. The first-order valence-corrected chi connectivity index (χ1v) is 8.42. The number of nitrogens with zero attached hydrogens (tertiary/aromatic N) is 2. The van der Waals surface area contributed by atoms with Crippen LogP contribution in [-0.2, 0) is 0 Å². The van der Waals surface area contributed by atoms with Crippen molar-refractivity contribution in [3.63, 3.8) is 0 Å². The monoisotopic (exact) mass is 298 g/mol. The van der Waals surface area contributed by atoms with E-state index in [1.54, 1.807) is 11.9 Å². The van der Waals surface area contributed by atoms with Gasteiger partial charge >= 0.3 is 88.0 Å². The predicted molar refractivity (Wildman–Crippen MR) is 49.2 cm³/mol. The van der Waals surface area contributed by atoms with Crippen molar-refractivity contribution >= 4 is 17.8 Å². The molecular formula is C7H13IN3S-. The van der Waals surface area contributed by atoms with E-state index in [1.807, 2.05) is 0 Å². The van der Waals surface area contributed by atoms with Gasteiger partial charge in [0.05, 0.1) is 0 Å². The second kappa shape index (κ2) is 4.15. The summed E-state index contributed by atoms with van der Waals surface area (Å²) in [5.41, 5.74) is 0. The van der Waals surface area contributed by atoms with Crippen LogP contribution in [0.3, 0.4) is 0 Å². The van der Waals surface area contributed by atoms with Gasteiger partial charge in [-0.3, -0.25) is 0 Å². The summed E-state index contributed by atoms with van der Waals surface area (Å²) in [4.78, 5) is 4.77. The van der Waals surface area contributed by atoms with Crippen molar-refractivity contribution in [2.24, 2.45) is 4.40 Å². The van der Waals surface area contributed by atoms with Gasteiger partial charge in [0.1, 0.15) is 0 Å². The molecule has 1 atom stereocenters. The van der Waals surface area contributed by atoms with Crippen molar-refractivity contribution in [2.45, 2.75) is 4.05 Å². The van der Waals surface area contributed by atoms with Gasteiger partial charge in [0, 0.05) is 0 Å². The molecule has 1 saturated heterocycles. The van der Waals surface area contributed by atoms with Crippen LogP contribution in [0.1, 0.15) is 0 Å². The number of fused-ring (bicyclic) bond motifs is 1. The first kappa shape index (κ1) is 9.08. The number of alkyl halides is 2. The van der Waals surface area contributed by atoms with Crippen molar-refractivity contribution in [2.75, 3.05) is 30.3 Å². The topological polar surface area (TPSA) is 27.6 Å². The zero-order valence-electron chi connectivity index (χ0n) is 7.09. The quantitative estimate of drug-likeness (QED) is 0.242.